The molecule has 0 saturated carbocycles. The molecular weight excluding hydrogens is 222 g/mol. The van der Waals surface area contributed by atoms with Crippen LogP contribution in [0.1, 0.15) is 15.6 Å². The highest BCUT2D eigenvalue weighted by Crippen LogP contribution is 2.11. The number of nitrogens with one attached hydrogen (secondary N) is 1. The van der Waals surface area contributed by atoms with Crippen molar-refractivity contribution in [2.75, 3.05) is 0 Å². The third-order valence-electron chi connectivity index (χ3n) is 2.06. The maximum Gasteiger partial charge on any atom is 0.133 e. The van der Waals surface area contributed by atoms with Crippen molar-refractivity contribution in [3.05, 3.63) is 40.1 Å². The minimum Gasteiger partial charge on any atom is -0.506 e. The Morgan fingerprint density at radius 1 is 1.25 bits per heavy atom. The minimum atomic E-state index is 0.194. The molecule has 84 valence electrons. The number of thiazole rings is 1. The third-order valence-corrected chi connectivity index (χ3v) is 2.97. The van der Waals surface area contributed by atoms with Crippen LogP contribution in [0.4, 0.5) is 0 Å². The Morgan fingerprint density at radius 3 is 2.75 bits per heavy atom. The van der Waals surface area contributed by atoms with E-state index in [1.807, 2.05) is 13.1 Å². The summed E-state index contributed by atoms with van der Waals surface area (Å²) in [7, 11) is 0. The summed E-state index contributed by atoms with van der Waals surface area (Å²) in [6.07, 6.45) is 3.32. The average Bonchev–Trinajstić information content (AvgIpc) is 2.67. The molecule has 0 aliphatic heterocycles. The zero-order valence-corrected chi connectivity index (χ0v) is 9.79. The molecule has 2 aromatic rings. The summed E-state index contributed by atoms with van der Waals surface area (Å²) in [6.45, 7) is 3.47. The van der Waals surface area contributed by atoms with Crippen molar-refractivity contribution in [1.82, 2.24) is 15.3 Å². The largest absolute Gasteiger partial charge is 0.506 e. The Kier molecular flexibility index (Phi) is 3.48. The fourth-order valence-corrected chi connectivity index (χ4v) is 2.06. The van der Waals surface area contributed by atoms with E-state index in [1.165, 1.54) is 11.1 Å². The fourth-order valence-electron chi connectivity index (χ4n) is 1.30. The van der Waals surface area contributed by atoms with Gasteiger partial charge in [0.05, 0.1) is 11.9 Å². The topological polar surface area (TPSA) is 58.0 Å². The SMILES string of the molecule is Cc1cnc(CNCc2ccc(O)cn2)s1. The van der Waals surface area contributed by atoms with Gasteiger partial charge in [0.1, 0.15) is 10.8 Å². The van der Waals surface area contributed by atoms with Gasteiger partial charge in [-0.3, -0.25) is 4.98 Å². The molecule has 0 spiro atoms. The first kappa shape index (κ1) is 11.0. The van der Waals surface area contributed by atoms with Crippen LogP contribution in [0, 0.1) is 6.92 Å². The molecule has 2 rings (SSSR count). The Bertz CT molecular complexity index is 453. The third kappa shape index (κ3) is 3.01. The van der Waals surface area contributed by atoms with E-state index >= 15 is 0 Å². The second-order valence-electron chi connectivity index (χ2n) is 3.48. The summed E-state index contributed by atoms with van der Waals surface area (Å²) in [5.41, 5.74) is 0.908. The highest BCUT2D eigenvalue weighted by atomic mass is 32.1. The molecule has 0 aromatic carbocycles. The van der Waals surface area contributed by atoms with Gasteiger partial charge in [-0.05, 0) is 19.1 Å². The quantitative estimate of drug-likeness (QED) is 0.849. The number of rotatable bonds is 4. The first-order chi connectivity index (χ1) is 7.74. The highest BCUT2D eigenvalue weighted by molar-refractivity contribution is 7.11. The van der Waals surface area contributed by atoms with Gasteiger partial charge in [0.15, 0.2) is 0 Å². The van der Waals surface area contributed by atoms with E-state index in [2.05, 4.69) is 15.3 Å². The van der Waals surface area contributed by atoms with Gasteiger partial charge in [0.25, 0.3) is 0 Å². The van der Waals surface area contributed by atoms with Crippen LogP contribution in [0.3, 0.4) is 0 Å². The van der Waals surface area contributed by atoms with Crippen LogP contribution in [0.25, 0.3) is 0 Å². The molecule has 2 aromatic heterocycles. The molecule has 4 nitrogen and oxygen atoms in total. The smallest absolute Gasteiger partial charge is 0.133 e. The van der Waals surface area contributed by atoms with Crippen LogP contribution in [0.2, 0.25) is 0 Å². The van der Waals surface area contributed by atoms with Crippen LogP contribution < -0.4 is 5.32 Å². The molecule has 0 amide bonds. The summed E-state index contributed by atoms with van der Waals surface area (Å²) in [4.78, 5) is 9.56. The minimum absolute atomic E-state index is 0.194. The summed E-state index contributed by atoms with van der Waals surface area (Å²) >= 11 is 1.69. The number of hydrogen-bond donors (Lipinski definition) is 2. The molecule has 0 radical (unpaired) electrons. The summed E-state index contributed by atoms with van der Waals surface area (Å²) < 4.78 is 0. The summed E-state index contributed by atoms with van der Waals surface area (Å²) in [5, 5.41) is 13.4. The molecule has 0 saturated heterocycles. The molecule has 0 bridgehead atoms. The van der Waals surface area contributed by atoms with Crippen LogP contribution in [-0.4, -0.2) is 15.1 Å². The Hall–Kier alpha value is -1.46. The molecular formula is C11H13N3OS. The maximum absolute atomic E-state index is 9.07. The molecule has 16 heavy (non-hydrogen) atoms. The lowest BCUT2D eigenvalue weighted by atomic mass is 10.3. The number of aromatic hydroxyl groups is 1. The standard InChI is InChI=1S/C11H13N3OS/c1-8-4-14-11(16-8)7-12-5-9-2-3-10(15)6-13-9/h2-4,6,12,15H,5,7H2,1H3. The van der Waals surface area contributed by atoms with Crippen molar-refractivity contribution in [3.63, 3.8) is 0 Å². The number of hydrogen-bond acceptors (Lipinski definition) is 5. The van der Waals surface area contributed by atoms with Gasteiger partial charge in [-0.15, -0.1) is 11.3 Å². The Labute approximate surface area is 98.0 Å². The monoisotopic (exact) mass is 235 g/mol. The normalized spacial score (nSPS) is 10.6. The van der Waals surface area contributed by atoms with Crippen molar-refractivity contribution in [2.24, 2.45) is 0 Å². The molecule has 0 aliphatic carbocycles. The van der Waals surface area contributed by atoms with Crippen molar-refractivity contribution >= 4 is 11.3 Å². The molecule has 5 heteroatoms. The molecule has 2 heterocycles. The van der Waals surface area contributed by atoms with Gasteiger partial charge >= 0.3 is 0 Å². The second-order valence-corrected chi connectivity index (χ2v) is 4.80. The fraction of sp³-hybridized carbons (Fsp3) is 0.273. The van der Waals surface area contributed by atoms with Gasteiger partial charge < -0.3 is 10.4 Å². The number of aromatic nitrogens is 2. The zero-order chi connectivity index (χ0) is 11.4. The second kappa shape index (κ2) is 5.05. The molecule has 2 N–H and O–H groups in total. The van der Waals surface area contributed by atoms with E-state index < -0.39 is 0 Å². The first-order valence-corrected chi connectivity index (χ1v) is 5.81. The molecule has 0 aliphatic rings. The average molecular weight is 235 g/mol. The van der Waals surface area contributed by atoms with E-state index in [-0.39, 0.29) is 5.75 Å². The first-order valence-electron chi connectivity index (χ1n) is 5.00. The lowest BCUT2D eigenvalue weighted by Gasteiger charge is -2.01. The predicted octanol–water partition coefficient (Wildman–Crippen LogP) is 1.84. The van der Waals surface area contributed by atoms with Crippen LogP contribution in [-0.2, 0) is 13.1 Å². The van der Waals surface area contributed by atoms with E-state index in [4.69, 9.17) is 5.11 Å². The number of pyridine rings is 1. The van der Waals surface area contributed by atoms with E-state index in [1.54, 1.807) is 23.5 Å². The van der Waals surface area contributed by atoms with Crippen molar-refractivity contribution in [3.8, 4) is 5.75 Å². The van der Waals surface area contributed by atoms with E-state index in [0.717, 1.165) is 17.2 Å². The number of nitrogens with zero attached hydrogens (tertiary/aromatic N) is 2. The van der Waals surface area contributed by atoms with Gasteiger partial charge in [-0.25, -0.2) is 4.98 Å². The maximum atomic E-state index is 9.07. The van der Waals surface area contributed by atoms with E-state index in [9.17, 15) is 0 Å². The van der Waals surface area contributed by atoms with Crippen LogP contribution in [0.15, 0.2) is 24.5 Å². The van der Waals surface area contributed by atoms with Crippen LogP contribution >= 0.6 is 11.3 Å². The lowest BCUT2D eigenvalue weighted by molar-refractivity contribution is 0.471. The van der Waals surface area contributed by atoms with Gasteiger partial charge in [0, 0.05) is 24.2 Å². The molecule has 0 fully saturated rings. The zero-order valence-electron chi connectivity index (χ0n) is 8.97. The molecule has 0 atom stereocenters. The van der Waals surface area contributed by atoms with E-state index in [0.29, 0.717) is 6.54 Å². The van der Waals surface area contributed by atoms with Crippen molar-refractivity contribution in [1.29, 1.82) is 0 Å². The predicted molar refractivity (Wildman–Crippen MR) is 63.3 cm³/mol. The highest BCUT2D eigenvalue weighted by Gasteiger charge is 1.99. The van der Waals surface area contributed by atoms with Crippen LogP contribution in [0.5, 0.6) is 5.75 Å². The van der Waals surface area contributed by atoms with Crippen molar-refractivity contribution in [2.45, 2.75) is 20.0 Å². The van der Waals surface area contributed by atoms with Gasteiger partial charge in [-0.2, -0.15) is 0 Å². The summed E-state index contributed by atoms with van der Waals surface area (Å²) in [5.74, 6) is 0.194. The number of aryl methyl sites for hydroxylation is 1. The van der Waals surface area contributed by atoms with Gasteiger partial charge in [0.2, 0.25) is 0 Å². The Morgan fingerprint density at radius 2 is 2.12 bits per heavy atom. The van der Waals surface area contributed by atoms with Gasteiger partial charge in [-0.1, -0.05) is 0 Å². The lowest BCUT2D eigenvalue weighted by Crippen LogP contribution is -2.13. The molecule has 0 unspecified atom stereocenters. The summed E-state index contributed by atoms with van der Waals surface area (Å²) in [6, 6.07) is 3.44. The Balaban J connectivity index is 1.82. The van der Waals surface area contributed by atoms with Crippen molar-refractivity contribution < 1.29 is 5.11 Å².